The molecular formula is C16H14Cl2N4. The predicted octanol–water partition coefficient (Wildman–Crippen LogP) is 4.88. The number of benzene rings is 1. The van der Waals surface area contributed by atoms with Gasteiger partial charge in [0.2, 0.25) is 0 Å². The Labute approximate surface area is 139 Å². The first-order valence-corrected chi connectivity index (χ1v) is 7.72. The molecule has 1 aromatic heterocycles. The zero-order valence-corrected chi connectivity index (χ0v) is 13.7. The van der Waals surface area contributed by atoms with Crippen molar-refractivity contribution in [3.05, 3.63) is 57.0 Å². The van der Waals surface area contributed by atoms with Gasteiger partial charge in [-0.2, -0.15) is 5.10 Å². The van der Waals surface area contributed by atoms with E-state index in [4.69, 9.17) is 29.8 Å². The van der Waals surface area contributed by atoms with Crippen molar-refractivity contribution in [1.82, 2.24) is 10.2 Å². The second kappa shape index (κ2) is 5.75. The minimum absolute atomic E-state index is 0.163. The molecule has 0 saturated carbocycles. The third-order valence-corrected chi connectivity index (χ3v) is 4.72. The first-order valence-electron chi connectivity index (χ1n) is 6.96. The van der Waals surface area contributed by atoms with Gasteiger partial charge in [0.05, 0.1) is 22.2 Å². The van der Waals surface area contributed by atoms with Crippen LogP contribution >= 0.6 is 23.2 Å². The Morgan fingerprint density at radius 2 is 2.05 bits per heavy atom. The number of hydrogen-bond donors (Lipinski definition) is 1. The summed E-state index contributed by atoms with van der Waals surface area (Å²) in [6.07, 6.45) is 1.72. The van der Waals surface area contributed by atoms with Gasteiger partial charge in [0.25, 0.3) is 6.04 Å². The molecule has 1 N–H and O–H groups in total. The number of hydrogen-bond acceptors (Lipinski definition) is 2. The van der Waals surface area contributed by atoms with Gasteiger partial charge in [0, 0.05) is 5.56 Å². The maximum Gasteiger partial charge on any atom is 0.272 e. The first kappa shape index (κ1) is 15.1. The van der Waals surface area contributed by atoms with Crippen molar-refractivity contribution in [2.75, 3.05) is 0 Å². The van der Waals surface area contributed by atoms with E-state index in [1.807, 2.05) is 26.0 Å². The minimum atomic E-state index is -0.402. The highest BCUT2D eigenvalue weighted by molar-refractivity contribution is 6.42. The Bertz CT molecular complexity index is 786. The first-order chi connectivity index (χ1) is 10.5. The molecule has 0 amide bonds. The Morgan fingerprint density at radius 1 is 1.27 bits per heavy atom. The fraction of sp³-hybridized carbons (Fsp3) is 0.312. The molecule has 2 aromatic rings. The van der Waals surface area contributed by atoms with Gasteiger partial charge < -0.3 is 4.85 Å². The van der Waals surface area contributed by atoms with Crippen LogP contribution in [-0.4, -0.2) is 22.0 Å². The highest BCUT2D eigenvalue weighted by Gasteiger charge is 2.42. The van der Waals surface area contributed by atoms with E-state index >= 15 is 0 Å². The molecule has 2 unspecified atom stereocenters. The van der Waals surface area contributed by atoms with E-state index in [0.29, 0.717) is 15.9 Å². The van der Waals surface area contributed by atoms with E-state index in [9.17, 15) is 0 Å². The van der Waals surface area contributed by atoms with Crippen LogP contribution in [0.1, 0.15) is 30.9 Å². The molecule has 3 rings (SSSR count). The fourth-order valence-corrected chi connectivity index (χ4v) is 3.28. The zero-order chi connectivity index (χ0) is 15.9. The molecule has 0 aliphatic carbocycles. The van der Waals surface area contributed by atoms with Crippen LogP contribution in [0.15, 0.2) is 29.4 Å². The lowest BCUT2D eigenvalue weighted by Gasteiger charge is -2.26. The maximum atomic E-state index is 7.66. The number of aromatic amines is 1. The van der Waals surface area contributed by atoms with E-state index < -0.39 is 6.04 Å². The lowest BCUT2D eigenvalue weighted by Crippen LogP contribution is -2.32. The molecule has 0 radical (unpaired) electrons. The highest BCUT2D eigenvalue weighted by Crippen LogP contribution is 2.44. The quantitative estimate of drug-likeness (QED) is 0.782. The molecule has 4 nitrogen and oxygen atoms in total. The van der Waals surface area contributed by atoms with Crippen LogP contribution in [0, 0.1) is 12.5 Å². The zero-order valence-electron chi connectivity index (χ0n) is 12.1. The van der Waals surface area contributed by atoms with Crippen molar-refractivity contribution in [2.45, 2.75) is 25.8 Å². The molecular weight excluding hydrogens is 319 g/mol. The number of nitrogens with one attached hydrogen (secondary N) is 1. The molecule has 22 heavy (non-hydrogen) atoms. The van der Waals surface area contributed by atoms with E-state index in [1.54, 1.807) is 12.3 Å². The van der Waals surface area contributed by atoms with Gasteiger partial charge in [-0.3, -0.25) is 5.10 Å². The molecule has 1 aliphatic rings. The average molecular weight is 333 g/mol. The van der Waals surface area contributed by atoms with Crippen molar-refractivity contribution in [1.29, 1.82) is 0 Å². The Balaban J connectivity index is 2.24. The van der Waals surface area contributed by atoms with Gasteiger partial charge in [0.15, 0.2) is 5.82 Å². The molecule has 6 heteroatoms. The predicted molar refractivity (Wildman–Crippen MR) is 89.2 cm³/mol. The fourth-order valence-electron chi connectivity index (χ4n) is 2.85. The van der Waals surface area contributed by atoms with Crippen molar-refractivity contribution >= 4 is 34.7 Å². The van der Waals surface area contributed by atoms with Crippen LogP contribution < -0.4 is 0 Å². The summed E-state index contributed by atoms with van der Waals surface area (Å²) in [6.45, 7) is 11.7. The number of aliphatic imine (C=N–C) groups is 1. The molecule has 112 valence electrons. The van der Waals surface area contributed by atoms with Crippen LogP contribution in [0.4, 0.5) is 5.82 Å². The molecule has 0 bridgehead atoms. The second-order valence-corrected chi connectivity index (χ2v) is 6.35. The number of fused-ring (bicyclic) bond motifs is 1. The van der Waals surface area contributed by atoms with Crippen LogP contribution in [0.2, 0.25) is 10.0 Å². The van der Waals surface area contributed by atoms with E-state index in [0.717, 1.165) is 16.8 Å². The summed E-state index contributed by atoms with van der Waals surface area (Å²) in [5.41, 5.74) is 2.56. The van der Waals surface area contributed by atoms with E-state index in [-0.39, 0.29) is 11.8 Å². The average Bonchev–Trinajstić information content (AvgIpc) is 2.96. The number of nitrogens with zero attached hydrogens (tertiary/aromatic N) is 3. The number of halogens is 2. The van der Waals surface area contributed by atoms with Crippen LogP contribution in [0.25, 0.3) is 4.85 Å². The molecule has 0 spiro atoms. The summed E-state index contributed by atoms with van der Waals surface area (Å²) in [6, 6.07) is 5.11. The smallest absolute Gasteiger partial charge is 0.272 e. The second-order valence-electron chi connectivity index (χ2n) is 5.56. The van der Waals surface area contributed by atoms with Gasteiger partial charge in [-0.1, -0.05) is 49.2 Å². The monoisotopic (exact) mass is 332 g/mol. The maximum absolute atomic E-state index is 7.66. The minimum Gasteiger partial charge on any atom is -0.306 e. The largest absolute Gasteiger partial charge is 0.306 e. The van der Waals surface area contributed by atoms with Crippen molar-refractivity contribution in [3.63, 3.8) is 0 Å². The Hall–Kier alpha value is -1.83. The topological polar surface area (TPSA) is 45.4 Å². The summed E-state index contributed by atoms with van der Waals surface area (Å²) in [4.78, 5) is 8.43. The Morgan fingerprint density at radius 3 is 2.73 bits per heavy atom. The van der Waals surface area contributed by atoms with Gasteiger partial charge in [-0.05, 0) is 17.5 Å². The van der Waals surface area contributed by atoms with E-state index in [2.05, 4.69) is 20.0 Å². The molecule has 0 fully saturated rings. The highest BCUT2D eigenvalue weighted by atomic mass is 35.5. The Kier molecular flexibility index (Phi) is 3.94. The van der Waals surface area contributed by atoms with Gasteiger partial charge >= 0.3 is 0 Å². The number of aromatic nitrogens is 2. The normalized spacial score (nSPS) is 20.5. The van der Waals surface area contributed by atoms with Crippen molar-refractivity contribution in [2.24, 2.45) is 10.9 Å². The molecule has 0 saturated heterocycles. The summed E-state index contributed by atoms with van der Waals surface area (Å²) >= 11 is 12.6. The summed E-state index contributed by atoms with van der Waals surface area (Å²) in [7, 11) is 0. The lowest BCUT2D eigenvalue weighted by molar-refractivity contribution is 0.735. The van der Waals surface area contributed by atoms with E-state index in [1.165, 1.54) is 0 Å². The molecule has 1 aromatic carbocycles. The number of H-pyrrole nitrogens is 1. The van der Waals surface area contributed by atoms with Crippen molar-refractivity contribution in [3.8, 4) is 0 Å². The number of rotatable bonds is 2. The summed E-state index contributed by atoms with van der Waals surface area (Å²) in [5.74, 6) is 0.646. The molecule has 2 heterocycles. The third-order valence-electron chi connectivity index (χ3n) is 3.89. The van der Waals surface area contributed by atoms with Crippen molar-refractivity contribution < 1.29 is 0 Å². The summed E-state index contributed by atoms with van der Waals surface area (Å²) in [5, 5.41) is 7.96. The summed E-state index contributed by atoms with van der Waals surface area (Å²) < 4.78 is 0. The SMILES string of the molecule is [C-]#[N+]C1C(C(C)C)=Nc2[nH]ncc2C1c1cccc(Cl)c1Cl. The molecule has 2 atom stereocenters. The van der Waals surface area contributed by atoms with Crippen LogP contribution in [-0.2, 0) is 0 Å². The third kappa shape index (κ3) is 2.31. The van der Waals surface area contributed by atoms with Gasteiger partial charge in [-0.25, -0.2) is 11.6 Å². The lowest BCUT2D eigenvalue weighted by atomic mass is 9.79. The van der Waals surface area contributed by atoms with Gasteiger partial charge in [-0.15, -0.1) is 0 Å². The standard InChI is InChI=1S/C16H14Cl2N4/c1-8(2)14-15(19-3)12(10-7-20-22-16(10)21-14)9-5-4-6-11(17)13(9)18/h4-8,12,15H,1-2H3,(H,20,22). The van der Waals surface area contributed by atoms with Crippen LogP contribution in [0.3, 0.4) is 0 Å². The van der Waals surface area contributed by atoms with Gasteiger partial charge in [0.1, 0.15) is 5.71 Å². The molecule has 1 aliphatic heterocycles. The van der Waals surface area contributed by atoms with Crippen LogP contribution in [0.5, 0.6) is 0 Å².